The number of hydrogen-bond acceptors (Lipinski definition) is 5. The molecule has 0 saturated carbocycles. The zero-order valence-corrected chi connectivity index (χ0v) is 13.2. The Kier molecular flexibility index (Phi) is 4.08. The average molecular weight is 341 g/mol. The van der Waals surface area contributed by atoms with Crippen molar-refractivity contribution in [3.63, 3.8) is 0 Å². The van der Waals surface area contributed by atoms with Gasteiger partial charge in [-0.1, -0.05) is 11.3 Å². The molecule has 0 aliphatic carbocycles. The Hall–Kier alpha value is -2.00. The van der Waals surface area contributed by atoms with Crippen molar-refractivity contribution < 1.29 is 18.3 Å². The summed E-state index contributed by atoms with van der Waals surface area (Å²) in [4.78, 5) is 3.46. The molecule has 0 amide bonds. The van der Waals surface area contributed by atoms with Gasteiger partial charge in [-0.25, -0.2) is 0 Å². The summed E-state index contributed by atoms with van der Waals surface area (Å²) >= 11 is 0. The molecule has 3 rings (SSSR count). The second-order valence-electron chi connectivity index (χ2n) is 6.31. The van der Waals surface area contributed by atoms with Crippen LogP contribution in [0.1, 0.15) is 42.8 Å². The molecule has 130 valence electrons. The van der Waals surface area contributed by atoms with E-state index in [2.05, 4.69) is 20.6 Å². The van der Waals surface area contributed by atoms with Gasteiger partial charge >= 0.3 is 6.18 Å². The van der Waals surface area contributed by atoms with Gasteiger partial charge in [0.2, 0.25) is 0 Å². The first kappa shape index (κ1) is 16.8. The van der Waals surface area contributed by atoms with Crippen molar-refractivity contribution in [2.45, 2.75) is 43.6 Å². The van der Waals surface area contributed by atoms with Crippen LogP contribution < -0.4 is 5.32 Å². The lowest BCUT2D eigenvalue weighted by Gasteiger charge is -2.40. The Balaban J connectivity index is 1.87. The highest BCUT2D eigenvalue weighted by Gasteiger charge is 2.41. The van der Waals surface area contributed by atoms with Gasteiger partial charge in [0.05, 0.1) is 17.3 Å². The summed E-state index contributed by atoms with van der Waals surface area (Å²) in [5.41, 5.74) is -1.19. The monoisotopic (exact) mass is 341 g/mol. The number of nitrogens with one attached hydrogen (secondary N) is 1. The predicted molar refractivity (Wildman–Crippen MR) is 78.7 cm³/mol. The summed E-state index contributed by atoms with van der Waals surface area (Å²) in [6.07, 6.45) is -0.986. The summed E-state index contributed by atoms with van der Waals surface area (Å²) in [6, 6.07) is 1.91. The normalized spacial score (nSPS) is 28.1. The number of piperidine rings is 1. The van der Waals surface area contributed by atoms with Crippen LogP contribution in [0.15, 0.2) is 24.5 Å². The number of halogens is 3. The topological polar surface area (TPSA) is 75.9 Å². The van der Waals surface area contributed by atoms with Crippen LogP contribution in [0.3, 0.4) is 0 Å². The second kappa shape index (κ2) is 5.82. The first-order valence-corrected chi connectivity index (χ1v) is 7.56. The molecule has 1 aliphatic heterocycles. The highest BCUT2D eigenvalue weighted by atomic mass is 19.4. The van der Waals surface area contributed by atoms with E-state index >= 15 is 0 Å². The van der Waals surface area contributed by atoms with Crippen molar-refractivity contribution in [2.75, 3.05) is 0 Å². The fraction of sp³-hybridized carbons (Fsp3) is 0.533. The standard InChI is InChI=1S/C15H18F3N5O/c1-9-5-14(24,6-11(20-9)12-8-23(2)22-21-12)10-3-4-13(19-7-10)15(16,17)18/h3-4,7-9,11,20,24H,5-6H2,1-2H3/t9-,11-,14-/m0/s1. The lowest BCUT2D eigenvalue weighted by molar-refractivity contribution is -0.141. The summed E-state index contributed by atoms with van der Waals surface area (Å²) in [5, 5.41) is 22.3. The van der Waals surface area contributed by atoms with Crippen LogP contribution >= 0.6 is 0 Å². The predicted octanol–water partition coefficient (Wildman–Crippen LogP) is 1.93. The fourth-order valence-electron chi connectivity index (χ4n) is 3.18. The Morgan fingerprint density at radius 3 is 2.62 bits per heavy atom. The van der Waals surface area contributed by atoms with Crippen molar-refractivity contribution in [1.82, 2.24) is 25.3 Å². The van der Waals surface area contributed by atoms with E-state index in [1.165, 1.54) is 6.07 Å². The molecule has 0 unspecified atom stereocenters. The lowest BCUT2D eigenvalue weighted by Crippen LogP contribution is -2.47. The smallest absolute Gasteiger partial charge is 0.385 e. The molecular weight excluding hydrogens is 323 g/mol. The molecule has 2 aromatic heterocycles. The number of rotatable bonds is 2. The van der Waals surface area contributed by atoms with Crippen molar-refractivity contribution in [3.05, 3.63) is 41.5 Å². The fourth-order valence-corrected chi connectivity index (χ4v) is 3.18. The second-order valence-corrected chi connectivity index (χ2v) is 6.31. The molecule has 0 radical (unpaired) electrons. The van der Waals surface area contributed by atoms with Crippen LogP contribution in [0.2, 0.25) is 0 Å². The zero-order valence-electron chi connectivity index (χ0n) is 13.2. The number of nitrogens with zero attached hydrogens (tertiary/aromatic N) is 4. The quantitative estimate of drug-likeness (QED) is 0.873. The van der Waals surface area contributed by atoms with Crippen molar-refractivity contribution in [3.8, 4) is 0 Å². The number of aryl methyl sites for hydroxylation is 1. The Morgan fingerprint density at radius 2 is 2.08 bits per heavy atom. The molecule has 1 saturated heterocycles. The van der Waals surface area contributed by atoms with E-state index in [-0.39, 0.29) is 18.5 Å². The van der Waals surface area contributed by atoms with Gasteiger partial charge in [0.25, 0.3) is 0 Å². The van der Waals surface area contributed by atoms with Gasteiger partial charge in [0.1, 0.15) is 5.69 Å². The number of hydrogen-bond donors (Lipinski definition) is 2. The Labute approximate surface area is 136 Å². The van der Waals surface area contributed by atoms with Crippen LogP contribution in [-0.4, -0.2) is 31.1 Å². The third kappa shape index (κ3) is 3.27. The highest BCUT2D eigenvalue weighted by Crippen LogP contribution is 2.40. The Morgan fingerprint density at radius 1 is 1.33 bits per heavy atom. The molecule has 2 N–H and O–H groups in total. The number of aliphatic hydroxyl groups is 1. The molecule has 1 aliphatic rings. The van der Waals surface area contributed by atoms with Crippen LogP contribution in [0.25, 0.3) is 0 Å². The van der Waals surface area contributed by atoms with Crippen LogP contribution in [0, 0.1) is 0 Å². The van der Waals surface area contributed by atoms with E-state index < -0.39 is 17.5 Å². The summed E-state index contributed by atoms with van der Waals surface area (Å²) in [5.74, 6) is 0. The summed E-state index contributed by atoms with van der Waals surface area (Å²) in [6.45, 7) is 1.91. The Bertz CT molecular complexity index is 715. The number of alkyl halides is 3. The molecule has 0 spiro atoms. The highest BCUT2D eigenvalue weighted by molar-refractivity contribution is 5.25. The first-order valence-electron chi connectivity index (χ1n) is 7.56. The number of pyridine rings is 1. The molecule has 9 heteroatoms. The maximum atomic E-state index is 12.7. The molecule has 1 fully saturated rings. The average Bonchev–Trinajstić information content (AvgIpc) is 2.92. The minimum absolute atomic E-state index is 0.0435. The summed E-state index contributed by atoms with van der Waals surface area (Å²) < 4.78 is 39.5. The largest absolute Gasteiger partial charge is 0.433 e. The van der Waals surface area contributed by atoms with Crippen molar-refractivity contribution >= 4 is 0 Å². The molecule has 0 bridgehead atoms. The zero-order chi connectivity index (χ0) is 17.5. The van der Waals surface area contributed by atoms with E-state index in [1.54, 1.807) is 17.9 Å². The molecule has 0 aromatic carbocycles. The van der Waals surface area contributed by atoms with Gasteiger partial charge in [0.15, 0.2) is 0 Å². The van der Waals surface area contributed by atoms with Gasteiger partial charge in [-0.2, -0.15) is 13.2 Å². The van der Waals surface area contributed by atoms with Gasteiger partial charge in [0, 0.05) is 37.5 Å². The van der Waals surface area contributed by atoms with E-state index in [9.17, 15) is 18.3 Å². The SMILES string of the molecule is C[C@H]1C[C@@](O)(c2ccc(C(F)(F)F)nc2)C[C@@H](c2cn(C)nn2)N1. The lowest BCUT2D eigenvalue weighted by atomic mass is 9.79. The third-order valence-electron chi connectivity index (χ3n) is 4.24. The summed E-state index contributed by atoms with van der Waals surface area (Å²) in [7, 11) is 1.74. The van der Waals surface area contributed by atoms with Gasteiger partial charge in [-0.05, 0) is 19.4 Å². The van der Waals surface area contributed by atoms with Crippen LogP contribution in [-0.2, 0) is 18.8 Å². The van der Waals surface area contributed by atoms with Crippen LogP contribution in [0.5, 0.6) is 0 Å². The third-order valence-corrected chi connectivity index (χ3v) is 4.24. The van der Waals surface area contributed by atoms with Crippen molar-refractivity contribution in [2.24, 2.45) is 7.05 Å². The minimum Gasteiger partial charge on any atom is -0.385 e. The maximum absolute atomic E-state index is 12.7. The van der Waals surface area contributed by atoms with Gasteiger partial charge in [-0.15, -0.1) is 5.10 Å². The molecule has 3 heterocycles. The van der Waals surface area contributed by atoms with E-state index in [0.717, 1.165) is 12.3 Å². The van der Waals surface area contributed by atoms with Crippen LogP contribution in [0.4, 0.5) is 13.2 Å². The maximum Gasteiger partial charge on any atom is 0.433 e. The molecule has 3 atom stereocenters. The van der Waals surface area contributed by atoms with Crippen molar-refractivity contribution in [1.29, 1.82) is 0 Å². The van der Waals surface area contributed by atoms with Gasteiger partial charge in [-0.3, -0.25) is 9.67 Å². The van der Waals surface area contributed by atoms with Gasteiger partial charge < -0.3 is 10.4 Å². The molecule has 2 aromatic rings. The first-order chi connectivity index (χ1) is 11.2. The van der Waals surface area contributed by atoms with E-state index in [1.807, 2.05) is 6.92 Å². The molecular formula is C15H18F3N5O. The van der Waals surface area contributed by atoms with E-state index in [4.69, 9.17) is 0 Å². The van der Waals surface area contributed by atoms with E-state index in [0.29, 0.717) is 17.7 Å². The minimum atomic E-state index is -4.50. The molecule has 24 heavy (non-hydrogen) atoms. The molecule has 6 nitrogen and oxygen atoms in total. The number of aromatic nitrogens is 4.